The summed E-state index contributed by atoms with van der Waals surface area (Å²) in [5, 5.41) is 11.2. The van der Waals surface area contributed by atoms with Crippen LogP contribution in [0.1, 0.15) is 44.4 Å². The van der Waals surface area contributed by atoms with E-state index in [9.17, 15) is 0 Å². The first-order valence-corrected chi connectivity index (χ1v) is 6.42. The van der Waals surface area contributed by atoms with Crippen molar-refractivity contribution >= 4 is 0 Å². The molecule has 0 radical (unpaired) electrons. The third-order valence-corrected chi connectivity index (χ3v) is 3.18. The smallest absolute Gasteiger partial charge is 0.242 e. The van der Waals surface area contributed by atoms with E-state index in [1.54, 1.807) is 6.92 Å². The Labute approximate surface area is 102 Å². The Morgan fingerprint density at radius 2 is 2.06 bits per heavy atom. The van der Waals surface area contributed by atoms with Gasteiger partial charge in [-0.05, 0) is 32.2 Å². The van der Waals surface area contributed by atoms with Crippen molar-refractivity contribution in [2.45, 2.75) is 58.3 Å². The van der Waals surface area contributed by atoms with Gasteiger partial charge in [-0.3, -0.25) is 0 Å². The number of ether oxygens (including phenoxy) is 1. The fourth-order valence-corrected chi connectivity index (χ4v) is 2.31. The van der Waals surface area contributed by atoms with E-state index in [-0.39, 0.29) is 0 Å². The summed E-state index contributed by atoms with van der Waals surface area (Å²) in [6.07, 6.45) is 4.97. The molecule has 0 spiro atoms. The largest absolute Gasteiger partial charge is 0.423 e. The predicted octanol–water partition coefficient (Wildman–Crippen LogP) is 1.82. The molecule has 1 aliphatic rings. The Kier molecular flexibility index (Phi) is 4.50. The second kappa shape index (κ2) is 6.12. The summed E-state index contributed by atoms with van der Waals surface area (Å²) in [6.45, 7) is 5.44. The molecule has 0 aromatic carbocycles. The van der Waals surface area contributed by atoms with Crippen LogP contribution in [0.25, 0.3) is 0 Å². The highest BCUT2D eigenvalue weighted by molar-refractivity contribution is 4.79. The van der Waals surface area contributed by atoms with E-state index in [1.807, 2.05) is 0 Å². The SMILES string of the molecule is CCNC1CCC(OCc2nnc(C)o2)CC1. The van der Waals surface area contributed by atoms with Crippen molar-refractivity contribution in [2.75, 3.05) is 6.54 Å². The second-order valence-corrected chi connectivity index (χ2v) is 4.56. The van der Waals surface area contributed by atoms with Crippen LogP contribution < -0.4 is 5.32 Å². The lowest BCUT2D eigenvalue weighted by atomic mass is 9.93. The lowest BCUT2D eigenvalue weighted by molar-refractivity contribution is 0.00150. The molecule has 17 heavy (non-hydrogen) atoms. The van der Waals surface area contributed by atoms with Gasteiger partial charge in [0, 0.05) is 13.0 Å². The van der Waals surface area contributed by atoms with Crippen LogP contribution in [0.5, 0.6) is 0 Å². The van der Waals surface area contributed by atoms with Gasteiger partial charge in [0.05, 0.1) is 6.10 Å². The van der Waals surface area contributed by atoms with E-state index in [2.05, 4.69) is 22.4 Å². The minimum absolute atomic E-state index is 0.345. The predicted molar refractivity (Wildman–Crippen MR) is 63.5 cm³/mol. The van der Waals surface area contributed by atoms with E-state index in [1.165, 1.54) is 12.8 Å². The Bertz CT molecular complexity index is 332. The molecule has 0 amide bonds. The fraction of sp³-hybridized carbons (Fsp3) is 0.833. The second-order valence-electron chi connectivity index (χ2n) is 4.56. The van der Waals surface area contributed by atoms with Crippen molar-refractivity contribution < 1.29 is 9.15 Å². The molecule has 1 saturated carbocycles. The molecule has 1 aromatic rings. The first-order chi connectivity index (χ1) is 8.28. The van der Waals surface area contributed by atoms with Crippen molar-refractivity contribution in [2.24, 2.45) is 0 Å². The minimum Gasteiger partial charge on any atom is -0.423 e. The molecule has 1 N–H and O–H groups in total. The van der Waals surface area contributed by atoms with Crippen LogP contribution in [0.15, 0.2) is 4.42 Å². The van der Waals surface area contributed by atoms with Gasteiger partial charge >= 0.3 is 0 Å². The molecule has 1 heterocycles. The van der Waals surface area contributed by atoms with Crippen LogP contribution in [0.3, 0.4) is 0 Å². The first kappa shape index (κ1) is 12.5. The monoisotopic (exact) mass is 239 g/mol. The molecule has 0 unspecified atom stereocenters. The normalized spacial score (nSPS) is 25.1. The maximum atomic E-state index is 5.78. The highest BCUT2D eigenvalue weighted by Crippen LogP contribution is 2.22. The Morgan fingerprint density at radius 1 is 1.29 bits per heavy atom. The van der Waals surface area contributed by atoms with E-state index in [0.717, 1.165) is 19.4 Å². The fourth-order valence-electron chi connectivity index (χ4n) is 2.31. The lowest BCUT2D eigenvalue weighted by Crippen LogP contribution is -2.35. The van der Waals surface area contributed by atoms with Gasteiger partial charge in [-0.2, -0.15) is 0 Å². The molecule has 0 aliphatic heterocycles. The van der Waals surface area contributed by atoms with Gasteiger partial charge in [0.15, 0.2) is 0 Å². The average molecular weight is 239 g/mol. The van der Waals surface area contributed by atoms with Crippen molar-refractivity contribution in [3.05, 3.63) is 11.8 Å². The zero-order chi connectivity index (χ0) is 12.1. The quantitative estimate of drug-likeness (QED) is 0.849. The maximum Gasteiger partial charge on any atom is 0.242 e. The van der Waals surface area contributed by atoms with Crippen LogP contribution in [-0.2, 0) is 11.3 Å². The summed E-state index contributed by atoms with van der Waals surface area (Å²) >= 11 is 0. The van der Waals surface area contributed by atoms with E-state index < -0.39 is 0 Å². The van der Waals surface area contributed by atoms with Crippen molar-refractivity contribution in [3.8, 4) is 0 Å². The molecule has 0 saturated heterocycles. The van der Waals surface area contributed by atoms with Crippen LogP contribution in [-0.4, -0.2) is 28.9 Å². The number of aromatic nitrogens is 2. The van der Waals surface area contributed by atoms with Crippen LogP contribution in [0, 0.1) is 6.92 Å². The van der Waals surface area contributed by atoms with Crippen molar-refractivity contribution in [1.82, 2.24) is 15.5 Å². The summed E-state index contributed by atoms with van der Waals surface area (Å²) in [5.41, 5.74) is 0. The summed E-state index contributed by atoms with van der Waals surface area (Å²) in [7, 11) is 0. The highest BCUT2D eigenvalue weighted by atomic mass is 16.5. The summed E-state index contributed by atoms with van der Waals surface area (Å²) in [4.78, 5) is 0. The molecule has 5 heteroatoms. The Hall–Kier alpha value is -0.940. The summed E-state index contributed by atoms with van der Waals surface area (Å²) in [6, 6.07) is 0.672. The van der Waals surface area contributed by atoms with Crippen molar-refractivity contribution in [3.63, 3.8) is 0 Å². The number of hydrogen-bond acceptors (Lipinski definition) is 5. The van der Waals surface area contributed by atoms with Gasteiger partial charge in [0.2, 0.25) is 11.8 Å². The Morgan fingerprint density at radius 3 is 2.65 bits per heavy atom. The Balaban J connectivity index is 1.68. The van der Waals surface area contributed by atoms with Crippen LogP contribution >= 0.6 is 0 Å². The van der Waals surface area contributed by atoms with Crippen LogP contribution in [0.4, 0.5) is 0 Å². The van der Waals surface area contributed by atoms with E-state index in [4.69, 9.17) is 9.15 Å². The molecular weight excluding hydrogens is 218 g/mol. The molecule has 1 fully saturated rings. The molecular formula is C12H21N3O2. The molecule has 1 aromatic heterocycles. The lowest BCUT2D eigenvalue weighted by Gasteiger charge is -2.28. The number of hydrogen-bond donors (Lipinski definition) is 1. The van der Waals surface area contributed by atoms with Crippen LogP contribution in [0.2, 0.25) is 0 Å². The number of nitrogens with zero attached hydrogens (tertiary/aromatic N) is 2. The third kappa shape index (κ3) is 3.78. The molecule has 0 bridgehead atoms. The van der Waals surface area contributed by atoms with Gasteiger partial charge in [-0.1, -0.05) is 6.92 Å². The van der Waals surface area contributed by atoms with Gasteiger partial charge in [-0.15, -0.1) is 10.2 Å². The number of nitrogens with one attached hydrogen (secondary N) is 1. The number of aryl methyl sites for hydroxylation is 1. The van der Waals surface area contributed by atoms with Gasteiger partial charge in [0.1, 0.15) is 6.61 Å². The topological polar surface area (TPSA) is 60.2 Å². The molecule has 2 rings (SSSR count). The zero-order valence-corrected chi connectivity index (χ0v) is 10.6. The number of rotatable bonds is 5. The maximum absolute atomic E-state index is 5.78. The third-order valence-electron chi connectivity index (χ3n) is 3.18. The minimum atomic E-state index is 0.345. The van der Waals surface area contributed by atoms with Gasteiger partial charge in [0.25, 0.3) is 0 Å². The molecule has 96 valence electrons. The van der Waals surface area contributed by atoms with Gasteiger partial charge < -0.3 is 14.5 Å². The first-order valence-electron chi connectivity index (χ1n) is 6.42. The molecule has 0 atom stereocenters. The molecule has 5 nitrogen and oxygen atoms in total. The molecule has 1 aliphatic carbocycles. The van der Waals surface area contributed by atoms with Crippen molar-refractivity contribution in [1.29, 1.82) is 0 Å². The highest BCUT2D eigenvalue weighted by Gasteiger charge is 2.21. The van der Waals surface area contributed by atoms with E-state index >= 15 is 0 Å². The van der Waals surface area contributed by atoms with Gasteiger partial charge in [-0.25, -0.2) is 0 Å². The summed E-state index contributed by atoms with van der Waals surface area (Å²) in [5.74, 6) is 1.18. The average Bonchev–Trinajstić information content (AvgIpc) is 2.75. The zero-order valence-electron chi connectivity index (χ0n) is 10.6. The summed E-state index contributed by atoms with van der Waals surface area (Å²) < 4.78 is 11.1. The standard InChI is InChI=1S/C12H21N3O2/c1-3-13-10-4-6-11(7-5-10)16-8-12-15-14-9(2)17-12/h10-11,13H,3-8H2,1-2H3. The van der Waals surface area contributed by atoms with E-state index in [0.29, 0.717) is 30.5 Å².